The molecule has 0 bridgehead atoms. The predicted molar refractivity (Wildman–Crippen MR) is 70.1 cm³/mol. The van der Waals surface area contributed by atoms with Crippen molar-refractivity contribution >= 4 is 5.97 Å². The number of nitrogens with one attached hydrogen (secondary N) is 1. The molecule has 1 aliphatic carbocycles. The topological polar surface area (TPSA) is 49.3 Å². The van der Waals surface area contributed by atoms with Gasteiger partial charge in [-0.25, -0.2) is 0 Å². The van der Waals surface area contributed by atoms with E-state index in [0.717, 1.165) is 25.8 Å². The molecule has 3 nitrogen and oxygen atoms in total. The zero-order valence-corrected chi connectivity index (χ0v) is 11.3. The van der Waals surface area contributed by atoms with Crippen LogP contribution in [0, 0.1) is 5.92 Å². The lowest BCUT2D eigenvalue weighted by Crippen LogP contribution is -2.51. The number of hydrogen-bond donors (Lipinski definition) is 2. The van der Waals surface area contributed by atoms with Crippen LogP contribution in [0.5, 0.6) is 0 Å². The van der Waals surface area contributed by atoms with Crippen LogP contribution >= 0.6 is 0 Å². The van der Waals surface area contributed by atoms with Crippen molar-refractivity contribution in [3.8, 4) is 0 Å². The van der Waals surface area contributed by atoms with Crippen molar-refractivity contribution < 1.29 is 9.90 Å². The smallest absolute Gasteiger partial charge is 0.323 e. The molecule has 1 unspecified atom stereocenters. The molecular formula is C14H27NO2. The van der Waals surface area contributed by atoms with Gasteiger partial charge in [0.2, 0.25) is 0 Å². The summed E-state index contributed by atoms with van der Waals surface area (Å²) < 4.78 is 0. The Morgan fingerprint density at radius 3 is 2.53 bits per heavy atom. The average molecular weight is 241 g/mol. The molecule has 2 N–H and O–H groups in total. The summed E-state index contributed by atoms with van der Waals surface area (Å²) in [5.74, 6) is 0.0117. The molecule has 0 aromatic carbocycles. The minimum atomic E-state index is -0.719. The summed E-state index contributed by atoms with van der Waals surface area (Å²) in [5, 5.41) is 12.6. The summed E-state index contributed by atoms with van der Waals surface area (Å²) in [7, 11) is 0. The van der Waals surface area contributed by atoms with E-state index in [4.69, 9.17) is 0 Å². The van der Waals surface area contributed by atoms with Gasteiger partial charge in [-0.2, -0.15) is 0 Å². The third kappa shape index (κ3) is 4.66. The molecular weight excluding hydrogens is 214 g/mol. The van der Waals surface area contributed by atoms with Crippen molar-refractivity contribution in [2.24, 2.45) is 5.92 Å². The van der Waals surface area contributed by atoms with Gasteiger partial charge in [0.15, 0.2) is 0 Å². The fourth-order valence-corrected chi connectivity index (χ4v) is 2.24. The second-order valence-corrected chi connectivity index (χ2v) is 5.63. The van der Waals surface area contributed by atoms with E-state index in [1.807, 2.05) is 6.92 Å². The van der Waals surface area contributed by atoms with E-state index in [1.165, 1.54) is 32.1 Å². The lowest BCUT2D eigenvalue weighted by Gasteiger charge is -2.32. The van der Waals surface area contributed by atoms with Crippen molar-refractivity contribution in [2.45, 2.75) is 70.8 Å². The number of carbonyl (C=O) groups is 1. The van der Waals surface area contributed by atoms with Crippen LogP contribution in [0.25, 0.3) is 0 Å². The van der Waals surface area contributed by atoms with Gasteiger partial charge in [-0.3, -0.25) is 4.79 Å². The van der Waals surface area contributed by atoms with Crippen LogP contribution < -0.4 is 5.32 Å². The van der Waals surface area contributed by atoms with Gasteiger partial charge in [-0.15, -0.1) is 0 Å². The Labute approximate surface area is 105 Å². The first-order valence-electron chi connectivity index (χ1n) is 7.07. The Morgan fingerprint density at radius 2 is 2.06 bits per heavy atom. The average Bonchev–Trinajstić information content (AvgIpc) is 2.22. The molecule has 17 heavy (non-hydrogen) atoms. The molecule has 1 aliphatic rings. The number of carboxylic acids is 1. The molecule has 3 heteroatoms. The summed E-state index contributed by atoms with van der Waals surface area (Å²) in [6.45, 7) is 4.88. The summed E-state index contributed by atoms with van der Waals surface area (Å²) in [5.41, 5.74) is -0.719. The van der Waals surface area contributed by atoms with Gasteiger partial charge in [0.05, 0.1) is 0 Å². The maximum absolute atomic E-state index is 11.3. The third-order valence-corrected chi connectivity index (χ3v) is 4.01. The third-order valence-electron chi connectivity index (χ3n) is 4.01. The molecule has 0 saturated heterocycles. The summed E-state index contributed by atoms with van der Waals surface area (Å²) >= 11 is 0. The van der Waals surface area contributed by atoms with E-state index in [1.54, 1.807) is 0 Å². The van der Waals surface area contributed by atoms with Crippen molar-refractivity contribution in [3.05, 3.63) is 0 Å². The van der Waals surface area contributed by atoms with E-state index < -0.39 is 11.5 Å². The monoisotopic (exact) mass is 241 g/mol. The van der Waals surface area contributed by atoms with Crippen LogP contribution in [0.3, 0.4) is 0 Å². The van der Waals surface area contributed by atoms with Gasteiger partial charge in [0.25, 0.3) is 0 Å². The molecule has 0 radical (unpaired) electrons. The summed E-state index contributed by atoms with van der Waals surface area (Å²) in [6.07, 6.45) is 9.13. The Balaban J connectivity index is 2.29. The zero-order chi connectivity index (χ0) is 12.7. The number of hydrogen-bond acceptors (Lipinski definition) is 2. The highest BCUT2D eigenvalue weighted by molar-refractivity contribution is 5.78. The second-order valence-electron chi connectivity index (χ2n) is 5.63. The highest BCUT2D eigenvalue weighted by Crippen LogP contribution is 2.26. The lowest BCUT2D eigenvalue weighted by molar-refractivity contribution is -0.144. The van der Waals surface area contributed by atoms with Crippen molar-refractivity contribution in [1.29, 1.82) is 0 Å². The number of carboxylic acid groups (broad SMARTS) is 1. The van der Waals surface area contributed by atoms with Gasteiger partial charge < -0.3 is 10.4 Å². The number of unbranched alkanes of at least 4 members (excludes halogenated alkanes) is 3. The Morgan fingerprint density at radius 1 is 1.35 bits per heavy atom. The SMILES string of the molecule is CCCCCCC(C)(NCC1CCC1)C(=O)O. The van der Waals surface area contributed by atoms with Crippen LogP contribution in [-0.2, 0) is 4.79 Å². The number of aliphatic carboxylic acids is 1. The normalized spacial score (nSPS) is 19.6. The minimum absolute atomic E-state index is 0.701. The van der Waals surface area contributed by atoms with Gasteiger partial charge in [-0.05, 0) is 38.6 Å². The largest absolute Gasteiger partial charge is 0.480 e. The first-order chi connectivity index (χ1) is 8.08. The van der Waals surface area contributed by atoms with E-state index in [2.05, 4.69) is 12.2 Å². The Bertz CT molecular complexity index is 238. The van der Waals surface area contributed by atoms with E-state index >= 15 is 0 Å². The van der Waals surface area contributed by atoms with E-state index in [0.29, 0.717) is 5.92 Å². The van der Waals surface area contributed by atoms with Crippen LogP contribution in [0.4, 0.5) is 0 Å². The highest BCUT2D eigenvalue weighted by Gasteiger charge is 2.33. The lowest BCUT2D eigenvalue weighted by atomic mass is 9.84. The molecule has 1 atom stereocenters. The van der Waals surface area contributed by atoms with Crippen molar-refractivity contribution in [1.82, 2.24) is 5.32 Å². The van der Waals surface area contributed by atoms with Gasteiger partial charge in [0.1, 0.15) is 5.54 Å². The van der Waals surface area contributed by atoms with E-state index in [9.17, 15) is 9.90 Å². The molecule has 1 rings (SSSR count). The van der Waals surface area contributed by atoms with E-state index in [-0.39, 0.29) is 0 Å². The number of rotatable bonds is 9. The van der Waals surface area contributed by atoms with Crippen molar-refractivity contribution in [3.63, 3.8) is 0 Å². The van der Waals surface area contributed by atoms with Gasteiger partial charge >= 0.3 is 5.97 Å². The summed E-state index contributed by atoms with van der Waals surface area (Å²) in [4.78, 5) is 11.3. The van der Waals surface area contributed by atoms with Gasteiger partial charge in [0, 0.05) is 0 Å². The Hall–Kier alpha value is -0.570. The van der Waals surface area contributed by atoms with Crippen LogP contribution in [-0.4, -0.2) is 23.2 Å². The fourth-order valence-electron chi connectivity index (χ4n) is 2.24. The minimum Gasteiger partial charge on any atom is -0.480 e. The zero-order valence-electron chi connectivity index (χ0n) is 11.3. The first kappa shape index (κ1) is 14.5. The molecule has 0 spiro atoms. The molecule has 0 heterocycles. The van der Waals surface area contributed by atoms with Crippen LogP contribution in [0.1, 0.15) is 65.2 Å². The molecule has 1 fully saturated rings. The maximum atomic E-state index is 11.3. The molecule has 100 valence electrons. The second kappa shape index (κ2) is 7.00. The predicted octanol–water partition coefficient (Wildman–Crippen LogP) is 3.19. The first-order valence-corrected chi connectivity index (χ1v) is 7.07. The highest BCUT2D eigenvalue weighted by atomic mass is 16.4. The molecule has 1 saturated carbocycles. The maximum Gasteiger partial charge on any atom is 0.323 e. The quantitative estimate of drug-likeness (QED) is 0.609. The van der Waals surface area contributed by atoms with Crippen molar-refractivity contribution in [2.75, 3.05) is 6.54 Å². The fraction of sp³-hybridized carbons (Fsp3) is 0.929. The van der Waals surface area contributed by atoms with Crippen LogP contribution in [0.15, 0.2) is 0 Å². The molecule has 0 aromatic rings. The Kier molecular flexibility index (Phi) is 5.96. The molecule has 0 aromatic heterocycles. The van der Waals surface area contributed by atoms with Gasteiger partial charge in [-0.1, -0.05) is 39.0 Å². The molecule has 0 aliphatic heterocycles. The van der Waals surface area contributed by atoms with Crippen LogP contribution in [0.2, 0.25) is 0 Å². The molecule has 0 amide bonds. The standard InChI is InChI=1S/C14H27NO2/c1-3-4-5-6-10-14(2,13(16)17)15-11-12-8-7-9-12/h12,15H,3-11H2,1-2H3,(H,16,17). The summed E-state index contributed by atoms with van der Waals surface area (Å²) in [6, 6.07) is 0.